The van der Waals surface area contributed by atoms with Crippen LogP contribution in [-0.4, -0.2) is 31.9 Å². The summed E-state index contributed by atoms with van der Waals surface area (Å²) < 4.78 is 22.5. The zero-order valence-corrected chi connectivity index (χ0v) is 10.4. The molecule has 6 heteroatoms. The molecule has 1 saturated heterocycles. The molecule has 0 unspecified atom stereocenters. The van der Waals surface area contributed by atoms with Crippen LogP contribution in [0.2, 0.25) is 0 Å². The Hall–Kier alpha value is -1.09. The Morgan fingerprint density at radius 3 is 2.29 bits per heavy atom. The largest absolute Gasteiger partial charge is 0.352 e. The Kier molecular flexibility index (Phi) is 3.13. The van der Waals surface area contributed by atoms with Gasteiger partial charge >= 0.3 is 0 Å². The lowest BCUT2D eigenvalue weighted by atomic mass is 9.69. The molecule has 1 N–H and O–H groups in total. The van der Waals surface area contributed by atoms with Crippen LogP contribution < -0.4 is 5.32 Å². The van der Waals surface area contributed by atoms with E-state index in [1.165, 1.54) is 0 Å². The van der Waals surface area contributed by atoms with Crippen LogP contribution >= 0.6 is 0 Å². The van der Waals surface area contributed by atoms with Gasteiger partial charge in [-0.2, -0.15) is 5.26 Å². The average Bonchev–Trinajstić information content (AvgIpc) is 2.20. The van der Waals surface area contributed by atoms with Gasteiger partial charge in [0.15, 0.2) is 0 Å². The number of amides is 1. The van der Waals surface area contributed by atoms with Crippen molar-refractivity contribution in [1.29, 1.82) is 5.26 Å². The number of nitrogens with zero attached hydrogens (tertiary/aromatic N) is 1. The molecule has 17 heavy (non-hydrogen) atoms. The number of rotatable bonds is 2. The van der Waals surface area contributed by atoms with Gasteiger partial charge in [-0.1, -0.05) is 0 Å². The molecule has 2 fully saturated rings. The maximum Gasteiger partial charge on any atom is 0.240 e. The number of carbonyl (C=O) groups excluding carboxylic acids is 1. The van der Waals surface area contributed by atoms with E-state index >= 15 is 0 Å². The molecule has 0 spiro atoms. The maximum atomic E-state index is 11.9. The highest BCUT2D eigenvalue weighted by Crippen LogP contribution is 2.40. The standard InChI is InChI=1S/C11H16N2O3S/c12-8-11(4-1-5-11)10(14)13-9-2-6-17(15,16)7-3-9/h9H,1-7H2,(H,13,14). The van der Waals surface area contributed by atoms with E-state index in [1.54, 1.807) is 0 Å². The van der Waals surface area contributed by atoms with Crippen LogP contribution in [0, 0.1) is 16.7 Å². The average molecular weight is 256 g/mol. The third-order valence-corrected chi connectivity index (χ3v) is 5.46. The van der Waals surface area contributed by atoms with Crippen molar-refractivity contribution in [2.24, 2.45) is 5.41 Å². The fourth-order valence-electron chi connectivity index (χ4n) is 2.28. The quantitative estimate of drug-likeness (QED) is 0.773. The summed E-state index contributed by atoms with van der Waals surface area (Å²) in [5.41, 5.74) is -0.837. The molecule has 1 aliphatic heterocycles. The zero-order chi connectivity index (χ0) is 12.5. The van der Waals surface area contributed by atoms with E-state index in [1.807, 2.05) is 0 Å². The van der Waals surface area contributed by atoms with E-state index in [-0.39, 0.29) is 23.5 Å². The second kappa shape index (κ2) is 4.30. The Bertz CT molecular complexity index is 446. The van der Waals surface area contributed by atoms with Crippen molar-refractivity contribution in [2.45, 2.75) is 38.1 Å². The van der Waals surface area contributed by atoms with E-state index < -0.39 is 15.3 Å². The number of hydrogen-bond acceptors (Lipinski definition) is 4. The van der Waals surface area contributed by atoms with Gasteiger partial charge in [-0.25, -0.2) is 8.42 Å². The van der Waals surface area contributed by atoms with Crippen LogP contribution in [0.15, 0.2) is 0 Å². The highest BCUT2D eigenvalue weighted by Gasteiger charge is 2.45. The van der Waals surface area contributed by atoms with E-state index in [0.29, 0.717) is 25.7 Å². The molecule has 2 rings (SSSR count). The van der Waals surface area contributed by atoms with E-state index in [4.69, 9.17) is 5.26 Å². The fourth-order valence-corrected chi connectivity index (χ4v) is 3.77. The topological polar surface area (TPSA) is 87.0 Å². The second-order valence-electron chi connectivity index (χ2n) is 4.95. The summed E-state index contributed by atoms with van der Waals surface area (Å²) in [6.45, 7) is 0. The van der Waals surface area contributed by atoms with Gasteiger partial charge in [0, 0.05) is 6.04 Å². The number of sulfone groups is 1. The van der Waals surface area contributed by atoms with E-state index in [0.717, 1.165) is 6.42 Å². The fraction of sp³-hybridized carbons (Fsp3) is 0.818. The van der Waals surface area contributed by atoms with Crippen LogP contribution in [0.25, 0.3) is 0 Å². The molecule has 0 aromatic carbocycles. The molecule has 0 radical (unpaired) electrons. The highest BCUT2D eigenvalue weighted by molar-refractivity contribution is 7.91. The van der Waals surface area contributed by atoms with Crippen molar-refractivity contribution in [3.63, 3.8) is 0 Å². The van der Waals surface area contributed by atoms with Gasteiger partial charge < -0.3 is 5.32 Å². The van der Waals surface area contributed by atoms with Gasteiger partial charge in [0.05, 0.1) is 17.6 Å². The molecule has 2 aliphatic rings. The first-order valence-corrected chi connectivity index (χ1v) is 7.72. The summed E-state index contributed by atoms with van der Waals surface area (Å²) in [4.78, 5) is 11.9. The van der Waals surface area contributed by atoms with Crippen LogP contribution in [0.3, 0.4) is 0 Å². The Morgan fingerprint density at radius 2 is 1.88 bits per heavy atom. The van der Waals surface area contributed by atoms with Crippen molar-refractivity contribution < 1.29 is 13.2 Å². The van der Waals surface area contributed by atoms with Gasteiger partial charge in [0.1, 0.15) is 15.3 Å². The SMILES string of the molecule is N#CC1(C(=O)NC2CCS(=O)(=O)CC2)CCC1. The van der Waals surface area contributed by atoms with Crippen LogP contribution in [-0.2, 0) is 14.6 Å². The summed E-state index contributed by atoms with van der Waals surface area (Å²) >= 11 is 0. The first-order chi connectivity index (χ1) is 7.97. The number of carbonyl (C=O) groups is 1. The molecule has 1 aliphatic carbocycles. The third kappa shape index (κ3) is 2.44. The lowest BCUT2D eigenvalue weighted by molar-refractivity contribution is -0.132. The smallest absolute Gasteiger partial charge is 0.240 e. The molecular formula is C11H16N2O3S. The number of hydrogen-bond donors (Lipinski definition) is 1. The van der Waals surface area contributed by atoms with Crippen LogP contribution in [0.1, 0.15) is 32.1 Å². The third-order valence-electron chi connectivity index (χ3n) is 3.75. The first kappa shape index (κ1) is 12.4. The lowest BCUT2D eigenvalue weighted by Crippen LogP contribution is -2.50. The van der Waals surface area contributed by atoms with Gasteiger partial charge in [-0.3, -0.25) is 4.79 Å². The van der Waals surface area contributed by atoms with Gasteiger partial charge in [-0.15, -0.1) is 0 Å². The summed E-state index contributed by atoms with van der Waals surface area (Å²) in [5.74, 6) is 0.0604. The Labute approximate surface area is 101 Å². The Morgan fingerprint density at radius 1 is 1.29 bits per heavy atom. The predicted molar refractivity (Wildman–Crippen MR) is 61.7 cm³/mol. The molecule has 1 heterocycles. The van der Waals surface area contributed by atoms with Crippen molar-refractivity contribution in [3.8, 4) is 6.07 Å². The van der Waals surface area contributed by atoms with Crippen molar-refractivity contribution in [1.82, 2.24) is 5.32 Å². The maximum absolute atomic E-state index is 11.9. The molecule has 0 bridgehead atoms. The molecule has 1 saturated carbocycles. The predicted octanol–water partition coefficient (Wildman–Crippen LogP) is 0.374. The summed E-state index contributed by atoms with van der Waals surface area (Å²) in [6, 6.07) is 2.00. The van der Waals surface area contributed by atoms with Crippen molar-refractivity contribution >= 4 is 15.7 Å². The second-order valence-corrected chi connectivity index (χ2v) is 7.25. The van der Waals surface area contributed by atoms with Crippen molar-refractivity contribution in [2.75, 3.05) is 11.5 Å². The minimum Gasteiger partial charge on any atom is -0.352 e. The van der Waals surface area contributed by atoms with Crippen molar-refractivity contribution in [3.05, 3.63) is 0 Å². The number of nitriles is 1. The van der Waals surface area contributed by atoms with Crippen LogP contribution in [0.4, 0.5) is 0 Å². The highest BCUT2D eigenvalue weighted by atomic mass is 32.2. The summed E-state index contributed by atoms with van der Waals surface area (Å²) in [7, 11) is -2.90. The normalized spacial score (nSPS) is 26.5. The van der Waals surface area contributed by atoms with E-state index in [9.17, 15) is 13.2 Å². The van der Waals surface area contributed by atoms with Gasteiger partial charge in [-0.05, 0) is 32.1 Å². The minimum atomic E-state index is -2.90. The number of nitrogens with one attached hydrogen (secondary N) is 1. The minimum absolute atomic E-state index is 0.0862. The van der Waals surface area contributed by atoms with E-state index in [2.05, 4.69) is 11.4 Å². The first-order valence-electron chi connectivity index (χ1n) is 5.90. The lowest BCUT2D eigenvalue weighted by Gasteiger charge is -2.35. The molecular weight excluding hydrogens is 240 g/mol. The van der Waals surface area contributed by atoms with Gasteiger partial charge in [0.25, 0.3) is 0 Å². The molecule has 5 nitrogen and oxygen atoms in total. The zero-order valence-electron chi connectivity index (χ0n) is 9.61. The monoisotopic (exact) mass is 256 g/mol. The summed E-state index contributed by atoms with van der Waals surface area (Å²) in [6.07, 6.45) is 3.10. The summed E-state index contributed by atoms with van der Waals surface area (Å²) in [5, 5.41) is 11.8. The molecule has 0 aromatic heterocycles. The van der Waals surface area contributed by atoms with Crippen LogP contribution in [0.5, 0.6) is 0 Å². The Balaban J connectivity index is 1.91. The molecule has 1 amide bonds. The molecule has 0 aromatic rings. The molecule has 94 valence electrons. The molecule has 0 atom stereocenters. The van der Waals surface area contributed by atoms with Gasteiger partial charge in [0.2, 0.25) is 5.91 Å².